The van der Waals surface area contributed by atoms with E-state index in [1.807, 2.05) is 0 Å². The predicted molar refractivity (Wildman–Crippen MR) is 62.6 cm³/mol. The minimum atomic E-state index is -0.603. The molecule has 0 amide bonds. The number of hydrogen-bond donors (Lipinski definition) is 0. The van der Waals surface area contributed by atoms with Crippen LogP contribution >= 0.6 is 0 Å². The molecule has 0 saturated heterocycles. The molecule has 0 saturated carbocycles. The smallest absolute Gasteiger partial charge is 0.133 e. The second-order valence-electron chi connectivity index (χ2n) is 3.58. The lowest BCUT2D eigenvalue weighted by Gasteiger charge is -2.11. The molecule has 0 aliphatic heterocycles. The lowest BCUT2D eigenvalue weighted by Crippen LogP contribution is -1.92. The largest absolute Gasteiger partial charge is 0.457 e. The molecule has 17 heavy (non-hydrogen) atoms. The third kappa shape index (κ3) is 2.61. The van der Waals surface area contributed by atoms with Crippen LogP contribution in [0.2, 0.25) is 0 Å². The summed E-state index contributed by atoms with van der Waals surface area (Å²) in [6.45, 7) is -1.21. The zero-order chi connectivity index (χ0) is 12.1. The standard InChI is InChI=1S/C14H12F2O/c15-9-11-5-1-3-7-13(11)17-14-8-4-2-6-12(14)10-16/h1-8H,9-10H2. The van der Waals surface area contributed by atoms with E-state index < -0.39 is 13.3 Å². The van der Waals surface area contributed by atoms with Gasteiger partial charge in [-0.1, -0.05) is 36.4 Å². The van der Waals surface area contributed by atoms with Gasteiger partial charge >= 0.3 is 0 Å². The van der Waals surface area contributed by atoms with Gasteiger partial charge in [-0.2, -0.15) is 0 Å². The quantitative estimate of drug-likeness (QED) is 0.761. The summed E-state index contributed by atoms with van der Waals surface area (Å²) in [5, 5.41) is 0. The van der Waals surface area contributed by atoms with Crippen molar-refractivity contribution >= 4 is 0 Å². The van der Waals surface area contributed by atoms with Crippen LogP contribution < -0.4 is 4.74 Å². The minimum Gasteiger partial charge on any atom is -0.457 e. The second-order valence-corrected chi connectivity index (χ2v) is 3.58. The van der Waals surface area contributed by atoms with E-state index >= 15 is 0 Å². The van der Waals surface area contributed by atoms with Crippen LogP contribution in [0, 0.1) is 0 Å². The highest BCUT2D eigenvalue weighted by atomic mass is 19.1. The van der Waals surface area contributed by atoms with Gasteiger partial charge in [-0.15, -0.1) is 0 Å². The van der Waals surface area contributed by atoms with E-state index in [2.05, 4.69) is 0 Å². The van der Waals surface area contributed by atoms with Crippen molar-refractivity contribution < 1.29 is 13.5 Å². The molecule has 1 nitrogen and oxygen atoms in total. The Bertz CT molecular complexity index is 452. The number of benzene rings is 2. The molecule has 0 aliphatic carbocycles. The van der Waals surface area contributed by atoms with Crippen LogP contribution in [0.15, 0.2) is 48.5 Å². The molecule has 0 aliphatic rings. The summed E-state index contributed by atoms with van der Waals surface area (Å²) in [5.41, 5.74) is 0.919. The Balaban J connectivity index is 2.31. The van der Waals surface area contributed by atoms with Crippen molar-refractivity contribution in [2.75, 3.05) is 0 Å². The number of rotatable bonds is 4. The van der Waals surface area contributed by atoms with Gasteiger partial charge in [0.25, 0.3) is 0 Å². The fraction of sp³-hybridized carbons (Fsp3) is 0.143. The zero-order valence-electron chi connectivity index (χ0n) is 9.20. The van der Waals surface area contributed by atoms with E-state index in [4.69, 9.17) is 4.74 Å². The Morgan fingerprint density at radius 1 is 0.706 bits per heavy atom. The van der Waals surface area contributed by atoms with Gasteiger partial charge in [0.1, 0.15) is 24.8 Å². The van der Waals surface area contributed by atoms with Crippen LogP contribution in [0.5, 0.6) is 11.5 Å². The molecule has 88 valence electrons. The van der Waals surface area contributed by atoms with E-state index in [0.29, 0.717) is 22.6 Å². The maximum absolute atomic E-state index is 12.7. The Hall–Kier alpha value is -1.90. The van der Waals surface area contributed by atoms with Crippen molar-refractivity contribution in [3.63, 3.8) is 0 Å². The number of para-hydroxylation sites is 2. The third-order valence-corrected chi connectivity index (χ3v) is 2.45. The van der Waals surface area contributed by atoms with Gasteiger partial charge in [0.2, 0.25) is 0 Å². The summed E-state index contributed by atoms with van der Waals surface area (Å²) in [5.74, 6) is 0.854. The Morgan fingerprint density at radius 2 is 1.12 bits per heavy atom. The first kappa shape index (κ1) is 11.6. The predicted octanol–water partition coefficient (Wildman–Crippen LogP) is 4.42. The topological polar surface area (TPSA) is 9.23 Å². The Kier molecular flexibility index (Phi) is 3.70. The molecule has 0 N–H and O–H groups in total. The molecule has 0 unspecified atom stereocenters. The van der Waals surface area contributed by atoms with Crippen molar-refractivity contribution in [2.45, 2.75) is 13.3 Å². The Morgan fingerprint density at radius 3 is 1.53 bits per heavy atom. The molecule has 3 heteroatoms. The van der Waals surface area contributed by atoms with Crippen LogP contribution in [0.3, 0.4) is 0 Å². The van der Waals surface area contributed by atoms with E-state index in [0.717, 1.165) is 0 Å². The maximum atomic E-state index is 12.7. The Labute approximate surface area is 98.7 Å². The summed E-state index contributed by atoms with van der Waals surface area (Å²) < 4.78 is 31.0. The van der Waals surface area contributed by atoms with Crippen molar-refractivity contribution in [3.05, 3.63) is 59.7 Å². The highest BCUT2D eigenvalue weighted by molar-refractivity contribution is 5.40. The average Bonchev–Trinajstić information content (AvgIpc) is 2.40. The summed E-state index contributed by atoms with van der Waals surface area (Å²) in [7, 11) is 0. The molecule has 0 atom stereocenters. The molecular formula is C14H12F2O. The van der Waals surface area contributed by atoms with Gasteiger partial charge in [0, 0.05) is 11.1 Å². The van der Waals surface area contributed by atoms with Gasteiger partial charge in [0.05, 0.1) is 0 Å². The second kappa shape index (κ2) is 5.43. The third-order valence-electron chi connectivity index (χ3n) is 2.45. The summed E-state index contributed by atoms with van der Waals surface area (Å²) >= 11 is 0. The first-order chi connectivity index (χ1) is 8.35. The lowest BCUT2D eigenvalue weighted by molar-refractivity contribution is 0.421. The molecule has 0 heterocycles. The molecular weight excluding hydrogens is 222 g/mol. The van der Waals surface area contributed by atoms with E-state index in [1.54, 1.807) is 48.5 Å². The lowest BCUT2D eigenvalue weighted by atomic mass is 10.2. The van der Waals surface area contributed by atoms with Crippen LogP contribution in [-0.4, -0.2) is 0 Å². The maximum Gasteiger partial charge on any atom is 0.133 e. The van der Waals surface area contributed by atoms with E-state index in [-0.39, 0.29) is 0 Å². The number of alkyl halides is 2. The molecule has 2 aromatic rings. The minimum absolute atomic E-state index is 0.427. The average molecular weight is 234 g/mol. The fourth-order valence-electron chi connectivity index (χ4n) is 1.55. The molecule has 0 aromatic heterocycles. The van der Waals surface area contributed by atoms with Crippen LogP contribution in [0.4, 0.5) is 8.78 Å². The highest BCUT2D eigenvalue weighted by Crippen LogP contribution is 2.28. The van der Waals surface area contributed by atoms with Gasteiger partial charge in [-0.25, -0.2) is 8.78 Å². The number of halogens is 2. The van der Waals surface area contributed by atoms with Crippen molar-refractivity contribution in [1.29, 1.82) is 0 Å². The highest BCUT2D eigenvalue weighted by Gasteiger charge is 2.07. The van der Waals surface area contributed by atoms with Gasteiger partial charge in [-0.05, 0) is 12.1 Å². The van der Waals surface area contributed by atoms with Gasteiger partial charge in [0.15, 0.2) is 0 Å². The zero-order valence-corrected chi connectivity index (χ0v) is 9.20. The van der Waals surface area contributed by atoms with Crippen molar-refractivity contribution in [1.82, 2.24) is 0 Å². The number of ether oxygens (including phenoxy) is 1. The monoisotopic (exact) mass is 234 g/mol. The molecule has 2 rings (SSSR count). The van der Waals surface area contributed by atoms with Crippen LogP contribution in [-0.2, 0) is 13.3 Å². The molecule has 0 bridgehead atoms. The molecule has 2 aromatic carbocycles. The van der Waals surface area contributed by atoms with E-state index in [1.165, 1.54) is 0 Å². The molecule has 0 fully saturated rings. The molecule has 0 radical (unpaired) electrons. The SMILES string of the molecule is FCc1ccccc1Oc1ccccc1CF. The first-order valence-corrected chi connectivity index (χ1v) is 5.30. The van der Waals surface area contributed by atoms with Gasteiger partial charge < -0.3 is 4.74 Å². The summed E-state index contributed by atoms with van der Waals surface area (Å²) in [4.78, 5) is 0. The fourth-order valence-corrected chi connectivity index (χ4v) is 1.55. The number of hydrogen-bond acceptors (Lipinski definition) is 1. The molecule has 0 spiro atoms. The van der Waals surface area contributed by atoms with Crippen molar-refractivity contribution in [2.24, 2.45) is 0 Å². The first-order valence-electron chi connectivity index (χ1n) is 5.30. The summed E-state index contributed by atoms with van der Waals surface area (Å²) in [6, 6.07) is 13.6. The van der Waals surface area contributed by atoms with Crippen molar-refractivity contribution in [3.8, 4) is 11.5 Å². The van der Waals surface area contributed by atoms with Gasteiger partial charge in [-0.3, -0.25) is 0 Å². The van der Waals surface area contributed by atoms with Crippen LogP contribution in [0.25, 0.3) is 0 Å². The van der Waals surface area contributed by atoms with E-state index in [9.17, 15) is 8.78 Å². The van der Waals surface area contributed by atoms with Crippen LogP contribution in [0.1, 0.15) is 11.1 Å². The normalized spacial score (nSPS) is 10.2. The summed E-state index contributed by atoms with van der Waals surface area (Å²) in [6.07, 6.45) is 0.